The first-order valence-electron chi connectivity index (χ1n) is 9.89. The maximum Gasteiger partial charge on any atom is 0.263 e. The Labute approximate surface area is 161 Å². The fourth-order valence-corrected chi connectivity index (χ4v) is 4.04. The molecule has 0 saturated carbocycles. The van der Waals surface area contributed by atoms with E-state index in [4.69, 9.17) is 0 Å². The summed E-state index contributed by atoms with van der Waals surface area (Å²) in [5.74, 6) is 0.386. The summed E-state index contributed by atoms with van der Waals surface area (Å²) in [7, 11) is 1.74. The predicted octanol–water partition coefficient (Wildman–Crippen LogP) is 3.80. The zero-order chi connectivity index (χ0) is 19.6. The number of hydrogen-bond acceptors (Lipinski definition) is 2. The summed E-state index contributed by atoms with van der Waals surface area (Å²) in [6.07, 6.45) is 4.29. The second-order valence-electron chi connectivity index (χ2n) is 7.92. The van der Waals surface area contributed by atoms with Gasteiger partial charge in [0, 0.05) is 25.8 Å². The summed E-state index contributed by atoms with van der Waals surface area (Å²) < 4.78 is 1.59. The minimum absolute atomic E-state index is 0.112. The first kappa shape index (κ1) is 19.4. The van der Waals surface area contributed by atoms with Crippen molar-refractivity contribution in [3.8, 4) is 0 Å². The fraction of sp³-hybridized carbons (Fsp3) is 0.478. The smallest absolute Gasteiger partial charge is 0.263 e. The monoisotopic (exact) mass is 366 g/mol. The van der Waals surface area contributed by atoms with Crippen molar-refractivity contribution in [2.24, 2.45) is 13.0 Å². The Kier molecular flexibility index (Phi) is 5.83. The number of hydrogen-bond donors (Lipinski definition) is 0. The summed E-state index contributed by atoms with van der Waals surface area (Å²) >= 11 is 0. The number of rotatable bonds is 4. The van der Waals surface area contributed by atoms with Crippen LogP contribution >= 0.6 is 0 Å². The summed E-state index contributed by atoms with van der Waals surface area (Å²) in [4.78, 5) is 27.5. The van der Waals surface area contributed by atoms with E-state index >= 15 is 0 Å². The second kappa shape index (κ2) is 8.12. The van der Waals surface area contributed by atoms with E-state index in [1.165, 1.54) is 11.1 Å². The SMILES string of the molecule is Cc1ccccc1CC[C@H]1CCCN(C(=O)c2cc(C)c(C)n(C)c2=O)C1. The van der Waals surface area contributed by atoms with Gasteiger partial charge in [-0.3, -0.25) is 9.59 Å². The highest BCUT2D eigenvalue weighted by Gasteiger charge is 2.26. The van der Waals surface area contributed by atoms with Crippen molar-refractivity contribution in [2.45, 2.75) is 46.5 Å². The molecule has 1 aliphatic heterocycles. The Hall–Kier alpha value is -2.36. The standard InChI is InChI=1S/C23H30N2O2/c1-16-8-5-6-10-20(16)12-11-19-9-7-13-25(15-19)23(27)21-14-17(2)18(3)24(4)22(21)26/h5-6,8,10,14,19H,7,9,11-13,15H2,1-4H3/t19-/m1/s1. The zero-order valence-electron chi connectivity index (χ0n) is 16.9. The van der Waals surface area contributed by atoms with E-state index < -0.39 is 0 Å². The lowest BCUT2D eigenvalue weighted by atomic mass is 9.90. The highest BCUT2D eigenvalue weighted by molar-refractivity contribution is 5.94. The number of amides is 1. The van der Waals surface area contributed by atoms with Gasteiger partial charge in [-0.2, -0.15) is 0 Å². The van der Waals surface area contributed by atoms with Crippen molar-refractivity contribution in [1.29, 1.82) is 0 Å². The van der Waals surface area contributed by atoms with E-state index in [9.17, 15) is 9.59 Å². The van der Waals surface area contributed by atoms with E-state index in [0.29, 0.717) is 11.5 Å². The third-order valence-corrected chi connectivity index (χ3v) is 6.09. The predicted molar refractivity (Wildman–Crippen MR) is 109 cm³/mol. The number of pyridine rings is 1. The van der Waals surface area contributed by atoms with Crippen LogP contribution in [0.5, 0.6) is 0 Å². The van der Waals surface area contributed by atoms with Gasteiger partial charge in [0.2, 0.25) is 0 Å². The fourth-order valence-electron chi connectivity index (χ4n) is 4.04. The Balaban J connectivity index is 1.70. The molecule has 0 unspecified atom stereocenters. The van der Waals surface area contributed by atoms with Crippen molar-refractivity contribution in [3.63, 3.8) is 0 Å². The number of benzene rings is 1. The lowest BCUT2D eigenvalue weighted by molar-refractivity contribution is 0.0665. The normalized spacial score (nSPS) is 17.2. The zero-order valence-corrected chi connectivity index (χ0v) is 16.9. The van der Waals surface area contributed by atoms with Gasteiger partial charge in [0.1, 0.15) is 5.56 Å². The van der Waals surface area contributed by atoms with Crippen LogP contribution in [0, 0.1) is 26.7 Å². The van der Waals surface area contributed by atoms with E-state index in [2.05, 4.69) is 31.2 Å². The van der Waals surface area contributed by atoms with Crippen LogP contribution in [-0.2, 0) is 13.5 Å². The van der Waals surface area contributed by atoms with Crippen molar-refractivity contribution in [2.75, 3.05) is 13.1 Å². The van der Waals surface area contributed by atoms with E-state index in [1.54, 1.807) is 17.7 Å². The van der Waals surface area contributed by atoms with Crippen LogP contribution in [0.3, 0.4) is 0 Å². The van der Waals surface area contributed by atoms with Gasteiger partial charge < -0.3 is 9.47 Å². The summed E-state index contributed by atoms with van der Waals surface area (Å²) in [6, 6.07) is 10.3. The Bertz CT molecular complexity index is 898. The highest BCUT2D eigenvalue weighted by Crippen LogP contribution is 2.23. The molecule has 1 saturated heterocycles. The van der Waals surface area contributed by atoms with E-state index in [-0.39, 0.29) is 11.5 Å². The molecule has 1 aliphatic rings. The molecule has 27 heavy (non-hydrogen) atoms. The molecule has 0 aliphatic carbocycles. The van der Waals surface area contributed by atoms with Gasteiger partial charge in [-0.05, 0) is 75.1 Å². The number of carbonyl (C=O) groups excluding carboxylic acids is 1. The topological polar surface area (TPSA) is 42.3 Å². The average Bonchev–Trinajstić information content (AvgIpc) is 2.68. The molecule has 144 valence electrons. The molecule has 2 aromatic rings. The molecule has 2 heterocycles. The molecule has 0 spiro atoms. The van der Waals surface area contributed by atoms with Crippen LogP contribution in [0.4, 0.5) is 0 Å². The number of aryl methyl sites for hydroxylation is 3. The molecule has 1 fully saturated rings. The van der Waals surface area contributed by atoms with Gasteiger partial charge in [0.05, 0.1) is 0 Å². The van der Waals surface area contributed by atoms with Crippen LogP contribution in [0.2, 0.25) is 0 Å². The lowest BCUT2D eigenvalue weighted by Crippen LogP contribution is -2.42. The number of likely N-dealkylation sites (tertiary alicyclic amines) is 1. The Morgan fingerprint density at radius 1 is 1.15 bits per heavy atom. The molecule has 4 heteroatoms. The van der Waals surface area contributed by atoms with Gasteiger partial charge in [-0.1, -0.05) is 24.3 Å². The molecular formula is C23H30N2O2. The van der Waals surface area contributed by atoms with Crippen LogP contribution in [-0.4, -0.2) is 28.5 Å². The first-order chi connectivity index (χ1) is 12.9. The van der Waals surface area contributed by atoms with Gasteiger partial charge in [-0.15, -0.1) is 0 Å². The van der Waals surface area contributed by atoms with E-state index in [1.807, 2.05) is 18.7 Å². The van der Waals surface area contributed by atoms with Crippen molar-refractivity contribution >= 4 is 5.91 Å². The molecule has 0 radical (unpaired) electrons. The number of nitrogens with zero attached hydrogens (tertiary/aromatic N) is 2. The molecule has 3 rings (SSSR count). The molecule has 1 aromatic heterocycles. The Morgan fingerprint density at radius 3 is 2.63 bits per heavy atom. The summed E-state index contributed by atoms with van der Waals surface area (Å²) in [5.41, 5.74) is 4.73. The quantitative estimate of drug-likeness (QED) is 0.826. The van der Waals surface area contributed by atoms with E-state index in [0.717, 1.165) is 50.0 Å². The largest absolute Gasteiger partial charge is 0.338 e. The lowest BCUT2D eigenvalue weighted by Gasteiger charge is -2.33. The molecule has 1 aromatic carbocycles. The maximum absolute atomic E-state index is 13.0. The molecule has 4 nitrogen and oxygen atoms in total. The van der Waals surface area contributed by atoms with Gasteiger partial charge in [-0.25, -0.2) is 0 Å². The molecule has 0 N–H and O–H groups in total. The second-order valence-corrected chi connectivity index (χ2v) is 7.92. The van der Waals surface area contributed by atoms with Crippen molar-refractivity contribution < 1.29 is 4.79 Å². The van der Waals surface area contributed by atoms with Crippen molar-refractivity contribution in [1.82, 2.24) is 9.47 Å². The van der Waals surface area contributed by atoms with Gasteiger partial charge in [0.25, 0.3) is 11.5 Å². The number of piperidine rings is 1. The third-order valence-electron chi connectivity index (χ3n) is 6.09. The number of aromatic nitrogens is 1. The van der Waals surface area contributed by atoms with Crippen LogP contribution in [0.25, 0.3) is 0 Å². The van der Waals surface area contributed by atoms with Gasteiger partial charge >= 0.3 is 0 Å². The molecule has 1 atom stereocenters. The van der Waals surface area contributed by atoms with Crippen molar-refractivity contribution in [3.05, 3.63) is 68.6 Å². The van der Waals surface area contributed by atoms with Crippen LogP contribution in [0.1, 0.15) is 52.0 Å². The van der Waals surface area contributed by atoms with Crippen LogP contribution < -0.4 is 5.56 Å². The Morgan fingerprint density at radius 2 is 1.89 bits per heavy atom. The summed E-state index contributed by atoms with van der Waals surface area (Å²) in [5, 5.41) is 0. The van der Waals surface area contributed by atoms with Crippen LogP contribution in [0.15, 0.2) is 35.1 Å². The highest BCUT2D eigenvalue weighted by atomic mass is 16.2. The average molecular weight is 367 g/mol. The molecule has 0 bridgehead atoms. The first-order valence-corrected chi connectivity index (χ1v) is 9.89. The molecule has 1 amide bonds. The third kappa shape index (κ3) is 4.15. The number of carbonyl (C=O) groups is 1. The van der Waals surface area contributed by atoms with Gasteiger partial charge in [0.15, 0.2) is 0 Å². The minimum atomic E-state index is -0.190. The minimum Gasteiger partial charge on any atom is -0.338 e. The summed E-state index contributed by atoms with van der Waals surface area (Å²) in [6.45, 7) is 7.51. The molecular weight excluding hydrogens is 336 g/mol. The maximum atomic E-state index is 13.0.